The van der Waals surface area contributed by atoms with Crippen LogP contribution in [0.3, 0.4) is 0 Å². The summed E-state index contributed by atoms with van der Waals surface area (Å²) in [4.78, 5) is 0. The fraction of sp³-hybridized carbons (Fsp3) is 0.538. The van der Waals surface area contributed by atoms with Crippen LogP contribution in [0.5, 0.6) is 5.75 Å². The summed E-state index contributed by atoms with van der Waals surface area (Å²) in [6.45, 7) is 3.57. The Morgan fingerprint density at radius 1 is 1.50 bits per heavy atom. The lowest BCUT2D eigenvalue weighted by Gasteiger charge is -2.28. The average molecular weight is 290 g/mol. The van der Waals surface area contributed by atoms with Crippen LogP contribution in [-0.4, -0.2) is 24.9 Å². The van der Waals surface area contributed by atoms with Gasteiger partial charge in [-0.1, -0.05) is 30.1 Å². The third-order valence-corrected chi connectivity index (χ3v) is 3.59. The first-order valence-electron chi connectivity index (χ1n) is 6.07. The summed E-state index contributed by atoms with van der Waals surface area (Å²) >= 11 is 12.2. The maximum Gasteiger partial charge on any atom is 0.142 e. The Hall–Kier alpha value is -0.480. The summed E-state index contributed by atoms with van der Waals surface area (Å²) in [6.07, 6.45) is 0.877. The molecular formula is C13H17Cl2NO2. The molecular weight excluding hydrogens is 273 g/mol. The van der Waals surface area contributed by atoms with Gasteiger partial charge in [0.05, 0.1) is 11.6 Å². The fourth-order valence-electron chi connectivity index (χ4n) is 2.05. The van der Waals surface area contributed by atoms with Crippen LogP contribution in [0.25, 0.3) is 0 Å². The molecule has 1 aromatic rings. The van der Waals surface area contributed by atoms with E-state index >= 15 is 0 Å². The van der Waals surface area contributed by atoms with Gasteiger partial charge in [-0.3, -0.25) is 0 Å². The van der Waals surface area contributed by atoms with Crippen LogP contribution < -0.4 is 10.1 Å². The zero-order chi connectivity index (χ0) is 13.1. The summed E-state index contributed by atoms with van der Waals surface area (Å²) in [5.41, 5.74) is 1.00. The van der Waals surface area contributed by atoms with Gasteiger partial charge >= 0.3 is 0 Å². The van der Waals surface area contributed by atoms with Gasteiger partial charge < -0.3 is 15.2 Å². The van der Waals surface area contributed by atoms with Crippen molar-refractivity contribution in [2.45, 2.75) is 19.4 Å². The Morgan fingerprint density at radius 2 is 2.28 bits per heavy atom. The Bertz CT molecular complexity index is 426. The Labute approximate surface area is 117 Å². The van der Waals surface area contributed by atoms with E-state index in [9.17, 15) is 0 Å². The highest BCUT2D eigenvalue weighted by Crippen LogP contribution is 2.39. The van der Waals surface area contributed by atoms with E-state index in [0.717, 1.165) is 24.3 Å². The number of hydrogen-bond acceptors (Lipinski definition) is 3. The number of fused-ring (bicyclic) bond motifs is 1. The molecule has 0 fully saturated rings. The molecule has 2 unspecified atom stereocenters. The lowest BCUT2D eigenvalue weighted by atomic mass is 10.00. The van der Waals surface area contributed by atoms with Gasteiger partial charge in [-0.05, 0) is 18.1 Å². The second-order valence-electron chi connectivity index (χ2n) is 4.69. The molecule has 0 amide bonds. The van der Waals surface area contributed by atoms with Gasteiger partial charge in [-0.2, -0.15) is 0 Å². The molecule has 0 aliphatic carbocycles. The molecule has 2 atom stereocenters. The van der Waals surface area contributed by atoms with E-state index in [0.29, 0.717) is 16.7 Å². The number of ether oxygens (including phenoxy) is 1. The lowest BCUT2D eigenvalue weighted by molar-refractivity contribution is 0.216. The summed E-state index contributed by atoms with van der Waals surface area (Å²) < 4.78 is 5.59. The maximum absolute atomic E-state index is 9.04. The van der Waals surface area contributed by atoms with Crippen LogP contribution in [0.2, 0.25) is 10.0 Å². The second kappa shape index (κ2) is 6.11. The number of halogens is 2. The van der Waals surface area contributed by atoms with E-state index in [2.05, 4.69) is 5.32 Å². The Kier molecular flexibility index (Phi) is 4.73. The third-order valence-electron chi connectivity index (χ3n) is 3.09. The topological polar surface area (TPSA) is 41.5 Å². The average Bonchev–Trinajstić information content (AvgIpc) is 2.36. The molecule has 2 rings (SSSR count). The minimum Gasteiger partial charge on any atom is -0.492 e. The van der Waals surface area contributed by atoms with Crippen molar-refractivity contribution in [1.82, 2.24) is 5.32 Å². The molecule has 2 N–H and O–H groups in total. The number of hydrogen-bond donors (Lipinski definition) is 2. The molecule has 0 radical (unpaired) electrons. The molecule has 18 heavy (non-hydrogen) atoms. The van der Waals surface area contributed by atoms with Gasteiger partial charge in [0.1, 0.15) is 5.75 Å². The van der Waals surface area contributed by atoms with Crippen LogP contribution in [0.1, 0.15) is 24.9 Å². The number of nitrogens with one attached hydrogen (secondary N) is 1. The molecule has 1 heterocycles. The second-order valence-corrected chi connectivity index (χ2v) is 5.54. The molecule has 1 aromatic carbocycles. The highest BCUT2D eigenvalue weighted by atomic mass is 35.5. The fourth-order valence-corrected chi connectivity index (χ4v) is 2.61. The van der Waals surface area contributed by atoms with Crippen molar-refractivity contribution in [1.29, 1.82) is 0 Å². The van der Waals surface area contributed by atoms with Crippen molar-refractivity contribution in [3.8, 4) is 5.75 Å². The van der Waals surface area contributed by atoms with E-state index in [-0.39, 0.29) is 18.6 Å². The highest BCUT2D eigenvalue weighted by Gasteiger charge is 2.24. The summed E-state index contributed by atoms with van der Waals surface area (Å²) in [7, 11) is 0. The van der Waals surface area contributed by atoms with Gasteiger partial charge in [0.15, 0.2) is 0 Å². The van der Waals surface area contributed by atoms with E-state index in [1.165, 1.54) is 0 Å². The quantitative estimate of drug-likeness (QED) is 0.895. The number of aliphatic hydroxyl groups excluding tert-OH is 1. The lowest BCUT2D eigenvalue weighted by Crippen LogP contribution is -2.31. The zero-order valence-corrected chi connectivity index (χ0v) is 11.8. The van der Waals surface area contributed by atoms with Gasteiger partial charge in [-0.15, -0.1) is 0 Å². The predicted octanol–water partition coefficient (Wildman–Crippen LogP) is 3.04. The van der Waals surface area contributed by atoms with Gasteiger partial charge in [0, 0.05) is 36.2 Å². The smallest absolute Gasteiger partial charge is 0.142 e. The van der Waals surface area contributed by atoms with Crippen molar-refractivity contribution in [3.63, 3.8) is 0 Å². The number of aliphatic hydroxyl groups is 1. The number of rotatable bonds is 4. The van der Waals surface area contributed by atoms with Crippen molar-refractivity contribution in [3.05, 3.63) is 27.7 Å². The van der Waals surface area contributed by atoms with E-state index in [1.807, 2.05) is 13.0 Å². The Morgan fingerprint density at radius 3 is 3.00 bits per heavy atom. The third kappa shape index (κ3) is 3.09. The molecule has 1 aliphatic rings. The number of benzene rings is 1. The molecule has 5 heteroatoms. The zero-order valence-electron chi connectivity index (χ0n) is 10.2. The molecule has 0 bridgehead atoms. The summed E-state index contributed by atoms with van der Waals surface area (Å²) in [5.74, 6) is 0.951. The SMILES string of the molecule is CC(CO)CNC1CCOc2c(Cl)cc(Cl)cc21. The van der Waals surface area contributed by atoms with E-state index in [1.54, 1.807) is 6.07 Å². The van der Waals surface area contributed by atoms with Crippen LogP contribution in [0.15, 0.2) is 12.1 Å². The van der Waals surface area contributed by atoms with Crippen molar-refractivity contribution in [2.24, 2.45) is 5.92 Å². The minimum atomic E-state index is 0.180. The highest BCUT2D eigenvalue weighted by molar-refractivity contribution is 6.35. The monoisotopic (exact) mass is 289 g/mol. The van der Waals surface area contributed by atoms with Crippen molar-refractivity contribution < 1.29 is 9.84 Å². The molecule has 0 aromatic heterocycles. The van der Waals surface area contributed by atoms with Gasteiger partial charge in [0.25, 0.3) is 0 Å². The first kappa shape index (κ1) is 13.9. The Balaban J connectivity index is 2.17. The van der Waals surface area contributed by atoms with Gasteiger partial charge in [-0.25, -0.2) is 0 Å². The molecule has 0 saturated heterocycles. The molecule has 3 nitrogen and oxygen atoms in total. The molecule has 100 valence electrons. The van der Waals surface area contributed by atoms with Crippen LogP contribution >= 0.6 is 23.2 Å². The molecule has 1 aliphatic heterocycles. The van der Waals surface area contributed by atoms with Crippen molar-refractivity contribution in [2.75, 3.05) is 19.8 Å². The molecule has 0 saturated carbocycles. The van der Waals surface area contributed by atoms with Crippen molar-refractivity contribution >= 4 is 23.2 Å². The normalized spacial score (nSPS) is 20.1. The first-order valence-corrected chi connectivity index (χ1v) is 6.83. The van der Waals surface area contributed by atoms with Crippen LogP contribution in [0.4, 0.5) is 0 Å². The predicted molar refractivity (Wildman–Crippen MR) is 73.6 cm³/mol. The summed E-state index contributed by atoms with van der Waals surface area (Å²) in [5, 5.41) is 13.6. The van der Waals surface area contributed by atoms with E-state index in [4.69, 9.17) is 33.0 Å². The standard InChI is InChI=1S/C13H17Cl2NO2/c1-8(7-17)6-16-12-2-3-18-13-10(12)4-9(14)5-11(13)15/h4-5,8,12,16-17H,2-3,6-7H2,1H3. The van der Waals surface area contributed by atoms with Crippen LogP contribution in [-0.2, 0) is 0 Å². The molecule has 0 spiro atoms. The first-order chi connectivity index (χ1) is 8.61. The summed E-state index contributed by atoms with van der Waals surface area (Å²) in [6, 6.07) is 3.77. The van der Waals surface area contributed by atoms with E-state index < -0.39 is 0 Å². The minimum absolute atomic E-state index is 0.180. The van der Waals surface area contributed by atoms with Gasteiger partial charge in [0.2, 0.25) is 0 Å². The van der Waals surface area contributed by atoms with Crippen LogP contribution in [0, 0.1) is 5.92 Å². The largest absolute Gasteiger partial charge is 0.492 e. The maximum atomic E-state index is 9.04.